The number of carbonyl (C=O) groups is 2. The Labute approximate surface area is 114 Å². The maximum Gasteiger partial charge on any atom is 0.327 e. The Morgan fingerprint density at radius 2 is 0.842 bits per heavy atom. The first-order chi connectivity index (χ1) is 9.04. The van der Waals surface area contributed by atoms with Crippen LogP contribution in [0.1, 0.15) is 32.1 Å². The van der Waals surface area contributed by atoms with Crippen molar-refractivity contribution in [1.82, 2.24) is 0 Å². The number of aliphatic carboxylic acids is 2. The van der Waals surface area contributed by atoms with Crippen LogP contribution in [0.15, 0.2) is 25.3 Å². The molecular weight excluding hydrogens is 252 g/mol. The second-order valence-electron chi connectivity index (χ2n) is 2.85. The van der Waals surface area contributed by atoms with Crippen molar-refractivity contribution < 1.29 is 30.0 Å². The van der Waals surface area contributed by atoms with Crippen LogP contribution in [0, 0.1) is 0 Å². The minimum absolute atomic E-state index is 0.833. The van der Waals surface area contributed by atoms with Crippen LogP contribution in [-0.4, -0.2) is 46.6 Å². The third-order valence-electron chi connectivity index (χ3n) is 1.60. The summed E-state index contributed by atoms with van der Waals surface area (Å²) in [7, 11) is 2.00. The minimum atomic E-state index is -0.981. The predicted octanol–water partition coefficient (Wildman–Crippen LogP) is 1.68. The van der Waals surface area contributed by atoms with E-state index in [2.05, 4.69) is 13.2 Å². The normalized spacial score (nSPS) is 10.3. The number of rotatable bonds is 2. The summed E-state index contributed by atoms with van der Waals surface area (Å²) in [6.45, 7) is 5.92. The van der Waals surface area contributed by atoms with Gasteiger partial charge in [-0.2, -0.15) is 0 Å². The highest BCUT2D eigenvalue weighted by molar-refractivity contribution is 5.79. The quantitative estimate of drug-likeness (QED) is 0.571. The Hall–Kier alpha value is -1.66. The van der Waals surface area contributed by atoms with Gasteiger partial charge in [0.15, 0.2) is 0 Å². The zero-order valence-corrected chi connectivity index (χ0v) is 11.7. The fourth-order valence-corrected chi connectivity index (χ4v) is 0.884. The van der Waals surface area contributed by atoms with Gasteiger partial charge in [-0.15, -0.1) is 0 Å². The molecule has 6 nitrogen and oxygen atoms in total. The van der Waals surface area contributed by atoms with E-state index < -0.39 is 11.9 Å². The van der Waals surface area contributed by atoms with Gasteiger partial charge in [0.1, 0.15) is 0 Å². The van der Waals surface area contributed by atoms with Crippen molar-refractivity contribution >= 4 is 11.9 Å². The molecule has 19 heavy (non-hydrogen) atoms. The topological polar surface area (TPSA) is 115 Å². The molecule has 0 aromatic carbocycles. The van der Waals surface area contributed by atoms with Gasteiger partial charge in [0.25, 0.3) is 0 Å². The minimum Gasteiger partial charge on any atom is -0.478 e. The Kier molecular flexibility index (Phi) is 40.9. The SMILES string of the molecule is C1CCCC1.C=CC(=O)O.C=CC(=O)O.CO.CO. The van der Waals surface area contributed by atoms with Crippen LogP contribution in [0.3, 0.4) is 0 Å². The van der Waals surface area contributed by atoms with Crippen LogP contribution in [0.4, 0.5) is 0 Å². The van der Waals surface area contributed by atoms with Gasteiger partial charge < -0.3 is 20.4 Å². The summed E-state index contributed by atoms with van der Waals surface area (Å²) in [4.78, 5) is 18.5. The van der Waals surface area contributed by atoms with Crippen molar-refractivity contribution in [2.24, 2.45) is 0 Å². The second-order valence-corrected chi connectivity index (χ2v) is 2.85. The van der Waals surface area contributed by atoms with E-state index in [4.69, 9.17) is 20.4 Å². The van der Waals surface area contributed by atoms with E-state index in [1.165, 1.54) is 32.1 Å². The smallest absolute Gasteiger partial charge is 0.327 e. The average Bonchev–Trinajstić information content (AvgIpc) is 3.03. The van der Waals surface area contributed by atoms with E-state index in [1.807, 2.05) is 0 Å². The lowest BCUT2D eigenvalue weighted by molar-refractivity contribution is -0.132. The van der Waals surface area contributed by atoms with Crippen LogP contribution in [0.5, 0.6) is 0 Å². The molecule has 0 atom stereocenters. The van der Waals surface area contributed by atoms with Crippen LogP contribution in [0.2, 0.25) is 0 Å². The summed E-state index contributed by atoms with van der Waals surface area (Å²) < 4.78 is 0. The van der Waals surface area contributed by atoms with Gasteiger partial charge in [0.05, 0.1) is 0 Å². The van der Waals surface area contributed by atoms with Gasteiger partial charge in [-0.1, -0.05) is 45.3 Å². The molecule has 0 aliphatic heterocycles. The standard InChI is InChI=1S/C5H10.2C3H4O2.2CH4O/c1-2-4-5-3-1;2*1-2-3(4)5;2*1-2/h1-5H2;2*2H,1H2,(H,4,5);2*2H,1H3. The lowest BCUT2D eigenvalue weighted by Crippen LogP contribution is -1.82. The first-order valence-corrected chi connectivity index (χ1v) is 5.64. The number of carboxylic acid groups (broad SMARTS) is 2. The molecule has 4 N–H and O–H groups in total. The van der Waals surface area contributed by atoms with Gasteiger partial charge in [-0.05, 0) is 0 Å². The summed E-state index contributed by atoms with van der Waals surface area (Å²) in [6.07, 6.45) is 9.17. The molecule has 0 heterocycles. The molecule has 0 aromatic rings. The molecule has 0 amide bonds. The van der Waals surface area contributed by atoms with Gasteiger partial charge in [-0.3, -0.25) is 0 Å². The lowest BCUT2D eigenvalue weighted by atomic mass is 10.4. The van der Waals surface area contributed by atoms with E-state index in [-0.39, 0.29) is 0 Å². The highest BCUT2D eigenvalue weighted by atomic mass is 16.4. The van der Waals surface area contributed by atoms with Gasteiger partial charge in [0.2, 0.25) is 0 Å². The fraction of sp³-hybridized carbons (Fsp3) is 0.538. The Morgan fingerprint density at radius 3 is 0.895 bits per heavy atom. The van der Waals surface area contributed by atoms with Crippen LogP contribution < -0.4 is 0 Å². The predicted molar refractivity (Wildman–Crippen MR) is 75.0 cm³/mol. The van der Waals surface area contributed by atoms with Crippen molar-refractivity contribution in [2.45, 2.75) is 32.1 Å². The van der Waals surface area contributed by atoms with Crippen LogP contribution >= 0.6 is 0 Å². The molecule has 1 rings (SSSR count). The third-order valence-corrected chi connectivity index (χ3v) is 1.60. The first-order valence-electron chi connectivity index (χ1n) is 5.64. The molecule has 0 aromatic heterocycles. The monoisotopic (exact) mass is 278 g/mol. The summed E-state index contributed by atoms with van der Waals surface area (Å²) >= 11 is 0. The van der Waals surface area contributed by atoms with Crippen LogP contribution in [0.25, 0.3) is 0 Å². The molecule has 1 saturated carbocycles. The third kappa shape index (κ3) is 62.4. The molecule has 0 saturated heterocycles. The van der Waals surface area contributed by atoms with Crippen LogP contribution in [-0.2, 0) is 9.59 Å². The van der Waals surface area contributed by atoms with Crippen molar-refractivity contribution in [1.29, 1.82) is 0 Å². The Balaban J connectivity index is -0.0000000785. The number of hydrogen-bond acceptors (Lipinski definition) is 4. The molecule has 1 aliphatic carbocycles. The van der Waals surface area contributed by atoms with Gasteiger partial charge in [-0.25, -0.2) is 9.59 Å². The zero-order chi connectivity index (χ0) is 16.1. The van der Waals surface area contributed by atoms with E-state index >= 15 is 0 Å². The van der Waals surface area contributed by atoms with Crippen molar-refractivity contribution in [3.05, 3.63) is 25.3 Å². The molecule has 6 heteroatoms. The molecule has 0 spiro atoms. The van der Waals surface area contributed by atoms with Crippen molar-refractivity contribution in [3.8, 4) is 0 Å². The number of carboxylic acids is 2. The highest BCUT2D eigenvalue weighted by Crippen LogP contribution is 2.15. The van der Waals surface area contributed by atoms with E-state index in [9.17, 15) is 9.59 Å². The first kappa shape index (κ1) is 26.0. The fourth-order valence-electron chi connectivity index (χ4n) is 0.884. The molecule has 1 fully saturated rings. The van der Waals surface area contributed by atoms with E-state index in [0.29, 0.717) is 0 Å². The maximum atomic E-state index is 9.25. The summed E-state index contributed by atoms with van der Waals surface area (Å²) in [5.41, 5.74) is 0. The summed E-state index contributed by atoms with van der Waals surface area (Å²) in [6, 6.07) is 0. The lowest BCUT2D eigenvalue weighted by Gasteiger charge is -1.67. The number of aliphatic hydroxyl groups excluding tert-OH is 2. The number of hydrogen-bond donors (Lipinski definition) is 4. The maximum absolute atomic E-state index is 9.25. The van der Waals surface area contributed by atoms with E-state index in [0.717, 1.165) is 26.4 Å². The Morgan fingerprint density at radius 1 is 0.737 bits per heavy atom. The molecular formula is C13H26O6. The Bertz CT molecular complexity index is 184. The highest BCUT2D eigenvalue weighted by Gasteiger charge is 1.95. The van der Waals surface area contributed by atoms with E-state index in [1.54, 1.807) is 0 Å². The molecule has 0 bridgehead atoms. The molecule has 0 radical (unpaired) electrons. The number of aliphatic hydroxyl groups is 2. The van der Waals surface area contributed by atoms with Crippen molar-refractivity contribution in [2.75, 3.05) is 14.2 Å². The summed E-state index contributed by atoms with van der Waals surface area (Å²) in [5, 5.41) is 29.2. The largest absolute Gasteiger partial charge is 0.478 e. The average molecular weight is 278 g/mol. The van der Waals surface area contributed by atoms with Gasteiger partial charge >= 0.3 is 11.9 Å². The second kappa shape index (κ2) is 29.9. The molecule has 0 unspecified atom stereocenters. The zero-order valence-electron chi connectivity index (χ0n) is 11.7. The summed E-state index contributed by atoms with van der Waals surface area (Å²) in [5.74, 6) is -1.96. The van der Waals surface area contributed by atoms with Crippen molar-refractivity contribution in [3.63, 3.8) is 0 Å². The van der Waals surface area contributed by atoms with Gasteiger partial charge in [0, 0.05) is 26.4 Å². The molecule has 114 valence electrons. The molecule has 1 aliphatic rings.